The lowest BCUT2D eigenvalue weighted by molar-refractivity contribution is 0.250. The van der Waals surface area contributed by atoms with Crippen molar-refractivity contribution in [3.8, 4) is 5.75 Å². The highest BCUT2D eigenvalue weighted by Gasteiger charge is 2.20. The summed E-state index contributed by atoms with van der Waals surface area (Å²) in [6.45, 7) is 8.27. The Hall–Kier alpha value is -0.980. The normalized spacial score (nSPS) is 22.0. The highest BCUT2D eigenvalue weighted by molar-refractivity contribution is 5.35. The molecule has 2 atom stereocenters. The molecule has 1 aromatic rings. The summed E-state index contributed by atoms with van der Waals surface area (Å²) in [6.07, 6.45) is 9.46. The largest absolute Gasteiger partial charge is 0.508 e. The minimum atomic E-state index is 0.447. The molecule has 0 amide bonds. The first kappa shape index (κ1) is 17.1. The van der Waals surface area contributed by atoms with Gasteiger partial charge in [-0.3, -0.25) is 0 Å². The summed E-state index contributed by atoms with van der Waals surface area (Å²) in [4.78, 5) is 0. The molecule has 1 saturated carbocycles. The summed E-state index contributed by atoms with van der Waals surface area (Å²) in [5, 5.41) is 9.72. The molecule has 1 nitrogen and oxygen atoms in total. The van der Waals surface area contributed by atoms with Crippen LogP contribution in [-0.4, -0.2) is 5.11 Å². The van der Waals surface area contributed by atoms with Crippen molar-refractivity contribution in [2.24, 2.45) is 11.8 Å². The van der Waals surface area contributed by atoms with Crippen molar-refractivity contribution in [1.82, 2.24) is 0 Å². The second-order valence-electron chi connectivity index (χ2n) is 5.97. The minimum Gasteiger partial charge on any atom is -0.508 e. The van der Waals surface area contributed by atoms with Crippen LogP contribution >= 0.6 is 0 Å². The number of hydrogen-bond acceptors (Lipinski definition) is 1. The second-order valence-corrected chi connectivity index (χ2v) is 5.97. The van der Waals surface area contributed by atoms with Crippen LogP contribution in [0.5, 0.6) is 5.75 Å². The maximum Gasteiger partial charge on any atom is 0.118 e. The van der Waals surface area contributed by atoms with Crippen LogP contribution in [0.2, 0.25) is 0 Å². The van der Waals surface area contributed by atoms with Crippen molar-refractivity contribution in [2.45, 2.75) is 72.6 Å². The lowest BCUT2D eigenvalue weighted by Gasteiger charge is -2.28. The molecule has 114 valence electrons. The molecule has 1 heteroatoms. The average Bonchev–Trinajstić information content (AvgIpc) is 2.51. The fraction of sp³-hybridized carbons (Fsp3) is 0.684. The van der Waals surface area contributed by atoms with Gasteiger partial charge in [0.05, 0.1) is 0 Å². The molecule has 0 saturated heterocycles. The van der Waals surface area contributed by atoms with E-state index >= 15 is 0 Å². The van der Waals surface area contributed by atoms with Crippen molar-refractivity contribution >= 4 is 0 Å². The summed E-state index contributed by atoms with van der Waals surface area (Å²) < 4.78 is 0. The molecule has 1 N–H and O–H groups in total. The summed E-state index contributed by atoms with van der Waals surface area (Å²) in [5.74, 6) is 2.32. The highest BCUT2D eigenvalue weighted by atomic mass is 16.3. The Morgan fingerprint density at radius 3 is 2.50 bits per heavy atom. The van der Waals surface area contributed by atoms with E-state index in [0.717, 1.165) is 23.8 Å². The molecule has 0 aromatic heterocycles. The monoisotopic (exact) mass is 276 g/mol. The summed E-state index contributed by atoms with van der Waals surface area (Å²) in [7, 11) is 0. The zero-order valence-electron chi connectivity index (χ0n) is 13.8. The molecular formula is C19H32O. The van der Waals surface area contributed by atoms with E-state index in [1.54, 1.807) is 0 Å². The fourth-order valence-electron chi connectivity index (χ4n) is 3.22. The quantitative estimate of drug-likeness (QED) is 0.728. The Morgan fingerprint density at radius 1 is 1.15 bits per heavy atom. The van der Waals surface area contributed by atoms with Gasteiger partial charge in [0, 0.05) is 0 Å². The molecule has 0 bridgehead atoms. The van der Waals surface area contributed by atoms with Gasteiger partial charge >= 0.3 is 0 Å². The summed E-state index contributed by atoms with van der Waals surface area (Å²) in [6, 6.07) is 6.13. The standard InChI is InChI=1S/C17H26O.C2H6/c1-3-14-5-4-6-15(11-14)9-10-16-8-7-13(2)17(18)12-16;1-2/h7-8,12,14-15,18H,3-6,9-11H2,1-2H3;1-2H3. The Balaban J connectivity index is 0.000000956. The zero-order chi connectivity index (χ0) is 15.0. The van der Waals surface area contributed by atoms with Gasteiger partial charge in [-0.25, -0.2) is 0 Å². The van der Waals surface area contributed by atoms with Gasteiger partial charge in [-0.1, -0.05) is 58.6 Å². The van der Waals surface area contributed by atoms with E-state index < -0.39 is 0 Å². The number of aryl methyl sites for hydroxylation is 2. The molecule has 0 radical (unpaired) electrons. The smallest absolute Gasteiger partial charge is 0.118 e. The summed E-state index contributed by atoms with van der Waals surface area (Å²) >= 11 is 0. The van der Waals surface area contributed by atoms with Crippen molar-refractivity contribution in [2.75, 3.05) is 0 Å². The molecule has 2 rings (SSSR count). The predicted octanol–water partition coefficient (Wildman–Crippen LogP) is 5.88. The topological polar surface area (TPSA) is 20.2 Å². The number of benzene rings is 1. The molecule has 0 heterocycles. The fourth-order valence-corrected chi connectivity index (χ4v) is 3.22. The van der Waals surface area contributed by atoms with E-state index in [0.29, 0.717) is 5.75 Å². The Kier molecular flexibility index (Phi) is 7.72. The average molecular weight is 276 g/mol. The van der Waals surface area contributed by atoms with Crippen molar-refractivity contribution in [3.05, 3.63) is 29.3 Å². The lowest BCUT2D eigenvalue weighted by Crippen LogP contribution is -2.15. The maximum atomic E-state index is 9.72. The molecule has 1 aromatic carbocycles. The molecule has 0 spiro atoms. The van der Waals surface area contributed by atoms with Gasteiger partial charge in [0.25, 0.3) is 0 Å². The van der Waals surface area contributed by atoms with Gasteiger partial charge in [-0.2, -0.15) is 0 Å². The van der Waals surface area contributed by atoms with Gasteiger partial charge in [0.1, 0.15) is 5.75 Å². The van der Waals surface area contributed by atoms with Crippen LogP contribution in [0.15, 0.2) is 18.2 Å². The van der Waals surface area contributed by atoms with E-state index in [4.69, 9.17) is 0 Å². The number of phenolic OH excluding ortho intramolecular Hbond substituents is 1. The summed E-state index contributed by atoms with van der Waals surface area (Å²) in [5.41, 5.74) is 2.26. The van der Waals surface area contributed by atoms with Gasteiger partial charge in [0.15, 0.2) is 0 Å². The Labute approximate surface area is 125 Å². The Bertz CT molecular complexity index is 383. The van der Waals surface area contributed by atoms with E-state index in [1.165, 1.54) is 44.1 Å². The Morgan fingerprint density at radius 2 is 1.85 bits per heavy atom. The van der Waals surface area contributed by atoms with Crippen LogP contribution in [0.4, 0.5) is 0 Å². The first-order valence-electron chi connectivity index (χ1n) is 8.47. The predicted molar refractivity (Wildman–Crippen MR) is 88.3 cm³/mol. The molecular weight excluding hydrogens is 244 g/mol. The van der Waals surface area contributed by atoms with Crippen LogP contribution in [-0.2, 0) is 6.42 Å². The van der Waals surface area contributed by atoms with Crippen molar-refractivity contribution in [1.29, 1.82) is 0 Å². The SMILES string of the molecule is CC.CCC1CCCC(CCc2ccc(C)c(O)c2)C1. The molecule has 1 fully saturated rings. The zero-order valence-corrected chi connectivity index (χ0v) is 13.8. The molecule has 2 unspecified atom stereocenters. The molecule has 20 heavy (non-hydrogen) atoms. The van der Waals surface area contributed by atoms with Crippen LogP contribution in [0.25, 0.3) is 0 Å². The molecule has 1 aliphatic carbocycles. The van der Waals surface area contributed by atoms with Gasteiger partial charge in [0.2, 0.25) is 0 Å². The third kappa shape index (κ3) is 5.19. The van der Waals surface area contributed by atoms with Crippen LogP contribution in [0, 0.1) is 18.8 Å². The number of phenols is 1. The number of aromatic hydroxyl groups is 1. The van der Waals surface area contributed by atoms with Crippen LogP contribution in [0.3, 0.4) is 0 Å². The third-order valence-corrected chi connectivity index (χ3v) is 4.58. The minimum absolute atomic E-state index is 0.447. The third-order valence-electron chi connectivity index (χ3n) is 4.58. The van der Waals surface area contributed by atoms with E-state index in [-0.39, 0.29) is 0 Å². The van der Waals surface area contributed by atoms with Crippen LogP contribution in [0.1, 0.15) is 70.4 Å². The van der Waals surface area contributed by atoms with Crippen molar-refractivity contribution in [3.63, 3.8) is 0 Å². The molecule has 0 aliphatic heterocycles. The lowest BCUT2D eigenvalue weighted by atomic mass is 9.78. The van der Waals surface area contributed by atoms with Crippen molar-refractivity contribution < 1.29 is 5.11 Å². The highest BCUT2D eigenvalue weighted by Crippen LogP contribution is 2.33. The van der Waals surface area contributed by atoms with E-state index in [9.17, 15) is 5.11 Å². The maximum absolute atomic E-state index is 9.72. The van der Waals surface area contributed by atoms with E-state index in [1.807, 2.05) is 32.9 Å². The van der Waals surface area contributed by atoms with Crippen LogP contribution < -0.4 is 0 Å². The number of rotatable bonds is 4. The van der Waals surface area contributed by atoms with Gasteiger partial charge in [-0.15, -0.1) is 0 Å². The second kappa shape index (κ2) is 9.05. The van der Waals surface area contributed by atoms with E-state index in [2.05, 4.69) is 13.0 Å². The van der Waals surface area contributed by atoms with Gasteiger partial charge < -0.3 is 5.11 Å². The first-order chi connectivity index (χ1) is 9.69. The van der Waals surface area contributed by atoms with Gasteiger partial charge in [-0.05, 0) is 55.2 Å². The first-order valence-corrected chi connectivity index (χ1v) is 8.47. The number of hydrogen-bond donors (Lipinski definition) is 1. The molecule has 1 aliphatic rings.